The van der Waals surface area contributed by atoms with E-state index in [1.807, 2.05) is 50.2 Å². The zero-order valence-corrected chi connectivity index (χ0v) is 16.4. The Labute approximate surface area is 164 Å². The largest absolute Gasteiger partial charge is 0.396 e. The monoisotopic (exact) mass is 384 g/mol. The summed E-state index contributed by atoms with van der Waals surface area (Å²) >= 11 is 1.54. The molecule has 1 heterocycles. The van der Waals surface area contributed by atoms with Gasteiger partial charge in [0.25, 0.3) is 5.91 Å². The molecule has 142 valence electrons. The first-order valence-corrected chi connectivity index (χ1v) is 10.00. The quantitative estimate of drug-likeness (QED) is 0.805. The molecule has 1 aliphatic heterocycles. The van der Waals surface area contributed by atoms with Crippen LogP contribution in [0.4, 0.5) is 5.69 Å². The Bertz CT molecular complexity index is 822. The van der Waals surface area contributed by atoms with Crippen LogP contribution in [-0.4, -0.2) is 53.3 Å². The Hall–Kier alpha value is -2.31. The molecule has 2 aromatic rings. The van der Waals surface area contributed by atoms with Crippen molar-refractivity contribution >= 4 is 29.3 Å². The molecule has 3 rings (SSSR count). The smallest absolute Gasteiger partial charge is 0.254 e. The van der Waals surface area contributed by atoms with Gasteiger partial charge in [-0.25, -0.2) is 0 Å². The molecule has 0 radical (unpaired) electrons. The van der Waals surface area contributed by atoms with Crippen molar-refractivity contribution in [3.8, 4) is 0 Å². The summed E-state index contributed by atoms with van der Waals surface area (Å²) in [4.78, 5) is 30.0. The van der Waals surface area contributed by atoms with Crippen LogP contribution >= 0.6 is 11.8 Å². The van der Waals surface area contributed by atoms with Crippen molar-refractivity contribution in [2.24, 2.45) is 0 Å². The second-order valence-corrected chi connectivity index (χ2v) is 7.89. The average molecular weight is 385 g/mol. The Morgan fingerprint density at radius 3 is 2.63 bits per heavy atom. The van der Waals surface area contributed by atoms with Gasteiger partial charge in [0.15, 0.2) is 0 Å². The fraction of sp³-hybridized carbons (Fsp3) is 0.333. The lowest BCUT2D eigenvalue weighted by atomic mass is 10.1. The summed E-state index contributed by atoms with van der Waals surface area (Å²) in [5, 5.41) is 8.90. The van der Waals surface area contributed by atoms with Gasteiger partial charge in [-0.3, -0.25) is 9.59 Å². The van der Waals surface area contributed by atoms with Crippen molar-refractivity contribution in [3.63, 3.8) is 0 Å². The molecule has 2 aromatic carbocycles. The summed E-state index contributed by atoms with van der Waals surface area (Å²) in [5.74, 6) is 0.431. The fourth-order valence-corrected chi connectivity index (χ4v) is 3.85. The molecular weight excluding hydrogens is 360 g/mol. The van der Waals surface area contributed by atoms with Gasteiger partial charge in [0.1, 0.15) is 6.54 Å². The van der Waals surface area contributed by atoms with Crippen LogP contribution in [0.15, 0.2) is 53.4 Å². The highest BCUT2D eigenvalue weighted by molar-refractivity contribution is 7.99. The molecule has 0 unspecified atom stereocenters. The number of amides is 2. The molecule has 0 saturated carbocycles. The van der Waals surface area contributed by atoms with Crippen molar-refractivity contribution in [2.45, 2.75) is 24.8 Å². The van der Waals surface area contributed by atoms with Gasteiger partial charge in [-0.05, 0) is 55.8 Å². The van der Waals surface area contributed by atoms with E-state index in [4.69, 9.17) is 5.11 Å². The highest BCUT2D eigenvalue weighted by Gasteiger charge is 2.33. The first-order chi connectivity index (χ1) is 13.0. The first kappa shape index (κ1) is 19.5. The molecule has 1 fully saturated rings. The number of hydrogen-bond donors (Lipinski definition) is 1. The maximum Gasteiger partial charge on any atom is 0.254 e. The molecule has 2 amide bonds. The number of benzene rings is 2. The maximum atomic E-state index is 12.9. The SMILES string of the molecule is Cc1cccc(N2C[C@H](C)N(C(=O)c3ccc(SCCO)cc3)CC2=O)c1. The van der Waals surface area contributed by atoms with Crippen LogP contribution in [0.2, 0.25) is 0 Å². The van der Waals surface area contributed by atoms with Crippen LogP contribution in [0.1, 0.15) is 22.8 Å². The third-order valence-corrected chi connectivity index (χ3v) is 5.61. The number of piperazine rings is 1. The van der Waals surface area contributed by atoms with Crippen molar-refractivity contribution in [2.75, 3.05) is 30.3 Å². The standard InChI is InChI=1S/C21H24N2O3S/c1-15-4-3-5-18(12-15)23-13-16(2)22(14-20(23)25)21(26)17-6-8-19(9-7-17)27-11-10-24/h3-9,12,16,24H,10-11,13-14H2,1-2H3/t16-/m0/s1. The molecule has 0 spiro atoms. The summed E-state index contributed by atoms with van der Waals surface area (Å²) in [5.41, 5.74) is 2.56. The summed E-state index contributed by atoms with van der Waals surface area (Å²) < 4.78 is 0. The predicted octanol–water partition coefficient (Wildman–Crippen LogP) is 2.96. The van der Waals surface area contributed by atoms with E-state index in [2.05, 4.69) is 0 Å². The summed E-state index contributed by atoms with van der Waals surface area (Å²) in [6, 6.07) is 15.1. The Morgan fingerprint density at radius 2 is 1.96 bits per heavy atom. The van der Waals surface area contributed by atoms with Crippen LogP contribution in [0.25, 0.3) is 0 Å². The number of hydrogen-bond acceptors (Lipinski definition) is 4. The fourth-order valence-electron chi connectivity index (χ4n) is 3.19. The topological polar surface area (TPSA) is 60.9 Å². The number of aliphatic hydroxyl groups is 1. The van der Waals surface area contributed by atoms with E-state index < -0.39 is 0 Å². The highest BCUT2D eigenvalue weighted by Crippen LogP contribution is 2.23. The van der Waals surface area contributed by atoms with Crippen LogP contribution in [-0.2, 0) is 4.79 Å². The number of nitrogens with zero attached hydrogens (tertiary/aromatic N) is 2. The van der Waals surface area contributed by atoms with Gasteiger partial charge in [-0.15, -0.1) is 11.8 Å². The van der Waals surface area contributed by atoms with Gasteiger partial charge in [-0.1, -0.05) is 12.1 Å². The number of anilines is 1. The van der Waals surface area contributed by atoms with E-state index in [1.165, 1.54) is 0 Å². The van der Waals surface area contributed by atoms with Gasteiger partial charge in [0, 0.05) is 34.5 Å². The molecule has 0 aromatic heterocycles. The van der Waals surface area contributed by atoms with E-state index in [1.54, 1.807) is 33.7 Å². The molecule has 1 aliphatic rings. The van der Waals surface area contributed by atoms with E-state index in [0.29, 0.717) is 17.9 Å². The molecule has 0 aliphatic carbocycles. The average Bonchev–Trinajstić information content (AvgIpc) is 2.67. The zero-order chi connectivity index (χ0) is 19.4. The van der Waals surface area contributed by atoms with Crippen LogP contribution in [0.3, 0.4) is 0 Å². The number of thioether (sulfide) groups is 1. The van der Waals surface area contributed by atoms with Gasteiger partial charge in [0.05, 0.1) is 6.61 Å². The van der Waals surface area contributed by atoms with Gasteiger partial charge in [0.2, 0.25) is 5.91 Å². The molecule has 0 bridgehead atoms. The summed E-state index contributed by atoms with van der Waals surface area (Å²) in [6.45, 7) is 4.65. The van der Waals surface area contributed by atoms with Crippen LogP contribution in [0.5, 0.6) is 0 Å². The van der Waals surface area contributed by atoms with Crippen LogP contribution < -0.4 is 4.90 Å². The lowest BCUT2D eigenvalue weighted by Crippen LogP contribution is -2.57. The van der Waals surface area contributed by atoms with Gasteiger partial charge >= 0.3 is 0 Å². The molecule has 27 heavy (non-hydrogen) atoms. The molecule has 1 N–H and O–H groups in total. The Morgan fingerprint density at radius 1 is 1.22 bits per heavy atom. The molecule has 1 saturated heterocycles. The van der Waals surface area contributed by atoms with E-state index in [-0.39, 0.29) is 31.0 Å². The third-order valence-electron chi connectivity index (χ3n) is 4.62. The first-order valence-electron chi connectivity index (χ1n) is 9.01. The van der Waals surface area contributed by atoms with E-state index in [9.17, 15) is 9.59 Å². The van der Waals surface area contributed by atoms with Gasteiger partial charge in [-0.2, -0.15) is 0 Å². The Kier molecular flexibility index (Phi) is 6.19. The number of aryl methyl sites for hydroxylation is 1. The number of aliphatic hydroxyl groups excluding tert-OH is 1. The second-order valence-electron chi connectivity index (χ2n) is 6.72. The minimum Gasteiger partial charge on any atom is -0.396 e. The van der Waals surface area contributed by atoms with Crippen molar-refractivity contribution < 1.29 is 14.7 Å². The maximum absolute atomic E-state index is 12.9. The molecular formula is C21H24N2O3S. The predicted molar refractivity (Wildman–Crippen MR) is 108 cm³/mol. The highest BCUT2D eigenvalue weighted by atomic mass is 32.2. The summed E-state index contributed by atoms with van der Waals surface area (Å²) in [7, 11) is 0. The number of rotatable bonds is 5. The number of carbonyl (C=O) groups excluding carboxylic acids is 2. The van der Waals surface area contributed by atoms with E-state index in [0.717, 1.165) is 16.1 Å². The van der Waals surface area contributed by atoms with Crippen molar-refractivity contribution in [1.82, 2.24) is 4.90 Å². The minimum atomic E-state index is -0.126. The van der Waals surface area contributed by atoms with Crippen molar-refractivity contribution in [1.29, 1.82) is 0 Å². The van der Waals surface area contributed by atoms with Gasteiger partial charge < -0.3 is 14.9 Å². The number of carbonyl (C=O) groups is 2. The van der Waals surface area contributed by atoms with Crippen molar-refractivity contribution in [3.05, 3.63) is 59.7 Å². The molecule has 5 nitrogen and oxygen atoms in total. The lowest BCUT2D eigenvalue weighted by Gasteiger charge is -2.39. The van der Waals surface area contributed by atoms with Crippen LogP contribution in [0, 0.1) is 6.92 Å². The molecule has 6 heteroatoms. The summed E-state index contributed by atoms with van der Waals surface area (Å²) in [6.07, 6.45) is 0. The second kappa shape index (κ2) is 8.59. The molecule has 1 atom stereocenters. The Balaban J connectivity index is 1.71. The van der Waals surface area contributed by atoms with E-state index >= 15 is 0 Å². The zero-order valence-electron chi connectivity index (χ0n) is 15.6. The lowest BCUT2D eigenvalue weighted by molar-refractivity contribution is -0.121. The normalized spacial score (nSPS) is 17.3. The minimum absolute atomic E-state index is 0.0674. The third kappa shape index (κ3) is 4.51.